The van der Waals surface area contributed by atoms with Crippen molar-refractivity contribution in [2.45, 2.75) is 19.6 Å². The number of nitrogens with one attached hydrogen (secondary N) is 4. The molecule has 0 fully saturated rings. The van der Waals surface area contributed by atoms with E-state index in [0.717, 1.165) is 48.6 Å². The number of benzene rings is 4. The van der Waals surface area contributed by atoms with Crippen molar-refractivity contribution in [3.8, 4) is 0 Å². The van der Waals surface area contributed by atoms with Crippen LogP contribution in [0.4, 0.5) is 58.4 Å². The van der Waals surface area contributed by atoms with Gasteiger partial charge in [-0.1, -0.05) is 24.3 Å². The summed E-state index contributed by atoms with van der Waals surface area (Å²) < 4.78 is 137. The van der Waals surface area contributed by atoms with Gasteiger partial charge in [-0.25, -0.2) is 0 Å². The third-order valence-electron chi connectivity index (χ3n) is 9.65. The monoisotopic (exact) mass is 1100 g/mol. The fourth-order valence-corrected chi connectivity index (χ4v) is 8.78. The quantitative estimate of drug-likeness (QED) is 0.0194. The van der Waals surface area contributed by atoms with Crippen molar-refractivity contribution < 1.29 is 103 Å². The molecule has 0 unspecified atom stereocenters. The number of aliphatic hydroxyl groups is 4. The molecule has 4 aromatic carbocycles. The Morgan fingerprint density at radius 1 is 0.411 bits per heavy atom. The van der Waals surface area contributed by atoms with E-state index in [1.807, 2.05) is 0 Å². The molecule has 2 heterocycles. The van der Waals surface area contributed by atoms with Crippen molar-refractivity contribution in [2.75, 3.05) is 83.7 Å². The fraction of sp³-hybridized carbons (Fsp3) is 0.200. The third kappa shape index (κ3) is 16.2. The Morgan fingerprint density at radius 2 is 0.685 bits per heavy atom. The average molecular weight is 1100 g/mol. The second-order valence-corrected chi connectivity index (χ2v) is 20.3. The molecule has 33 heteroatoms. The Bertz CT molecular complexity index is 3170. The molecule has 0 spiro atoms. The third-order valence-corrected chi connectivity index (χ3v) is 13.2. The van der Waals surface area contributed by atoms with Crippen molar-refractivity contribution >= 4 is 111 Å². The first-order valence-electron chi connectivity index (χ1n) is 20.6. The summed E-state index contributed by atoms with van der Waals surface area (Å²) in [7, 11) is -19.1. The minimum Gasteiger partial charge on any atom is -1.00 e. The predicted molar refractivity (Wildman–Crippen MR) is 261 cm³/mol. The van der Waals surface area contributed by atoms with Crippen LogP contribution < -0.4 is 60.6 Å². The van der Waals surface area contributed by atoms with E-state index in [-0.39, 0.29) is 153 Å². The Balaban J connectivity index is 0.00000593. The van der Waals surface area contributed by atoms with Crippen LogP contribution in [0.25, 0.3) is 12.2 Å². The van der Waals surface area contributed by atoms with Gasteiger partial charge < -0.3 is 52.9 Å². The van der Waals surface area contributed by atoms with Crippen LogP contribution in [0.5, 0.6) is 0 Å². The van der Waals surface area contributed by atoms with Crippen LogP contribution in [0.2, 0.25) is 0 Å². The molecule has 0 amide bonds. The van der Waals surface area contributed by atoms with Gasteiger partial charge in [0.15, 0.2) is 0 Å². The Labute approximate surface area is 440 Å². The van der Waals surface area contributed by atoms with E-state index in [1.165, 1.54) is 58.3 Å². The number of rotatable bonds is 24. The van der Waals surface area contributed by atoms with Crippen molar-refractivity contribution in [3.05, 3.63) is 96.1 Å². The zero-order chi connectivity index (χ0) is 52.4. The van der Waals surface area contributed by atoms with E-state index in [4.69, 9.17) is 0 Å². The van der Waals surface area contributed by atoms with E-state index >= 15 is 0 Å². The zero-order valence-corrected chi connectivity index (χ0v) is 43.2. The molecule has 2 aromatic heterocycles. The summed E-state index contributed by atoms with van der Waals surface area (Å²) in [6.45, 7) is -1.69. The van der Waals surface area contributed by atoms with Crippen LogP contribution in [-0.4, -0.2) is 155 Å². The largest absolute Gasteiger partial charge is 1.00 e. The van der Waals surface area contributed by atoms with Gasteiger partial charge in [0.1, 0.15) is 9.79 Å². The topological polar surface area (TPSA) is 430 Å². The van der Waals surface area contributed by atoms with Crippen molar-refractivity contribution in [1.82, 2.24) is 29.9 Å². The van der Waals surface area contributed by atoms with E-state index < -0.39 is 60.1 Å². The molecular weight excluding hydrogens is 1060 g/mol. The van der Waals surface area contributed by atoms with Gasteiger partial charge in [-0.3, -0.25) is 18.2 Å². The molecule has 0 atom stereocenters. The molecule has 386 valence electrons. The standard InChI is InChI=1S/C40H44N12O16S4.Na.H/c53-19-15-51(16-20-54)39-47-35(41-27-7-11-31(12-8-27)69(57,58)59)45-37(49-39)43-29-5-3-25(33(23-29)71(63,64)65)1-2-26-4-6-30(24-34(26)72(66,67)68)44-38-46-36(48-40(50-38)52(17-21-55)18-22-56)42-28-9-13-32(14-10-28)70(60,61)62;;/h1-14,23-24,53-56H,15-22H2,(H,57,58,59)(H,60,61,62)(H,63,64,65)(H,66,67,68)(H2,41,43,45,47,49)(H2,42,44,46,48,50);;/q;+1;-1/b2-1+;;. The molecular formula is C40H45N12NaO16S4. The molecule has 0 radical (unpaired) electrons. The summed E-state index contributed by atoms with van der Waals surface area (Å²) in [5.41, 5.74) is 0.129. The second kappa shape index (κ2) is 24.8. The second-order valence-electron chi connectivity index (χ2n) is 14.7. The molecule has 0 saturated heterocycles. The Kier molecular flexibility index (Phi) is 19.6. The molecule has 6 aromatic rings. The van der Waals surface area contributed by atoms with Crippen molar-refractivity contribution in [2.24, 2.45) is 0 Å². The fourth-order valence-electron chi connectivity index (χ4n) is 6.41. The predicted octanol–water partition coefficient (Wildman–Crippen LogP) is -1.11. The van der Waals surface area contributed by atoms with Crippen molar-refractivity contribution in [3.63, 3.8) is 0 Å². The Morgan fingerprint density at radius 3 is 0.945 bits per heavy atom. The van der Waals surface area contributed by atoms with E-state index in [1.54, 1.807) is 0 Å². The van der Waals surface area contributed by atoms with E-state index in [0.29, 0.717) is 0 Å². The van der Waals surface area contributed by atoms with Gasteiger partial charge >= 0.3 is 29.6 Å². The number of hydrogen-bond donors (Lipinski definition) is 12. The molecule has 6 rings (SSSR count). The van der Waals surface area contributed by atoms with Gasteiger partial charge in [0.2, 0.25) is 35.7 Å². The smallest absolute Gasteiger partial charge is 1.00 e. The van der Waals surface area contributed by atoms with Gasteiger partial charge in [0.05, 0.1) is 36.2 Å². The maximum Gasteiger partial charge on any atom is 1.00 e. The summed E-state index contributed by atoms with van der Waals surface area (Å²) in [6, 6.07) is 16.8. The Hall–Kier alpha value is -6.08. The maximum atomic E-state index is 12.8. The molecule has 12 N–H and O–H groups in total. The SMILES string of the molecule is O=S(=O)(O)c1ccc(Nc2nc(Nc3ccc(/C=C/c4ccc(Nc5nc(Nc6ccc(S(=O)(=O)O)cc6)nc(N(CCO)CCO)n5)cc4S(=O)(=O)O)c(S(=O)(=O)O)c3)nc(N(CCO)CCO)n2)cc1.[H-].[Na+]. The minimum atomic E-state index is -5.03. The minimum absolute atomic E-state index is 0. The van der Waals surface area contributed by atoms with Crippen molar-refractivity contribution in [1.29, 1.82) is 0 Å². The molecule has 0 aliphatic heterocycles. The first kappa shape index (κ1) is 57.8. The molecule has 0 aliphatic carbocycles. The van der Waals surface area contributed by atoms with Gasteiger partial charge in [-0.15, -0.1) is 0 Å². The van der Waals surface area contributed by atoms with Crippen LogP contribution in [0, 0.1) is 0 Å². The van der Waals surface area contributed by atoms with Gasteiger partial charge in [0, 0.05) is 48.9 Å². The average Bonchev–Trinajstić information content (AvgIpc) is 3.30. The van der Waals surface area contributed by atoms with Crippen LogP contribution in [0.15, 0.2) is 105 Å². The first-order valence-corrected chi connectivity index (χ1v) is 26.3. The molecule has 0 aliphatic rings. The van der Waals surface area contributed by atoms with Crippen LogP contribution >= 0.6 is 0 Å². The molecule has 0 bridgehead atoms. The number of anilines is 10. The van der Waals surface area contributed by atoms with Crippen LogP contribution in [0.1, 0.15) is 12.6 Å². The van der Waals surface area contributed by atoms with Crippen LogP contribution in [0.3, 0.4) is 0 Å². The summed E-state index contributed by atoms with van der Waals surface area (Å²) in [4.78, 5) is 26.4. The first-order chi connectivity index (χ1) is 34.0. The van der Waals surface area contributed by atoms with Gasteiger partial charge in [0.25, 0.3) is 40.5 Å². The number of aromatic nitrogens is 6. The number of nitrogens with zero attached hydrogens (tertiary/aromatic N) is 8. The van der Waals surface area contributed by atoms with E-state index in [9.17, 15) is 72.3 Å². The summed E-state index contributed by atoms with van der Waals surface area (Å²) >= 11 is 0. The summed E-state index contributed by atoms with van der Waals surface area (Å²) in [5.74, 6) is -0.916. The van der Waals surface area contributed by atoms with E-state index in [2.05, 4.69) is 51.2 Å². The molecule has 0 saturated carbocycles. The molecule has 73 heavy (non-hydrogen) atoms. The number of aliphatic hydroxyl groups excluding tert-OH is 4. The number of hydrogen-bond acceptors (Lipinski definition) is 24. The van der Waals surface area contributed by atoms with Gasteiger partial charge in [-0.05, 0) is 83.9 Å². The normalized spacial score (nSPS) is 12.0. The zero-order valence-electron chi connectivity index (χ0n) is 38.9. The maximum absolute atomic E-state index is 12.8. The summed E-state index contributed by atoms with van der Waals surface area (Å²) in [6.07, 6.45) is 2.27. The van der Waals surface area contributed by atoms with Crippen LogP contribution in [-0.2, 0) is 40.5 Å². The summed E-state index contributed by atoms with van der Waals surface area (Å²) in [5, 5.41) is 49.9. The van der Waals surface area contributed by atoms with Gasteiger partial charge in [-0.2, -0.15) is 63.6 Å². The molecule has 28 nitrogen and oxygen atoms in total.